The first-order chi connectivity index (χ1) is 12.5. The topological polar surface area (TPSA) is 75.5 Å². The van der Waals surface area contributed by atoms with E-state index in [0.29, 0.717) is 19.5 Å². The van der Waals surface area contributed by atoms with Crippen LogP contribution < -0.4 is 5.32 Å². The summed E-state index contributed by atoms with van der Waals surface area (Å²) in [7, 11) is 0. The standard InChI is InChI=1S/C20H21N3O3/c1-14-7-9-16(10-8-14)20-13-17(15-5-3-2-4-6-15)18(23(25)26)19(24)22(20)12-11-21-20/h2-10,17-18,21H,11-13H2,1H3/t17-,18-,20+/m1/s1. The summed E-state index contributed by atoms with van der Waals surface area (Å²) < 4.78 is 0. The average Bonchev–Trinajstić information content (AvgIpc) is 3.08. The molecule has 0 unspecified atom stereocenters. The molecule has 0 aromatic heterocycles. The van der Waals surface area contributed by atoms with Crippen molar-refractivity contribution in [2.24, 2.45) is 0 Å². The Balaban J connectivity index is 1.83. The SMILES string of the molecule is Cc1ccc([C@]23C[C@H](c4ccccc4)[C@@H]([N+](=O)[O-])C(=O)N2CCN3)cc1. The summed E-state index contributed by atoms with van der Waals surface area (Å²) in [6, 6.07) is 16.2. The molecule has 1 amide bonds. The smallest absolute Gasteiger partial charge is 0.299 e. The van der Waals surface area contributed by atoms with E-state index < -0.39 is 28.5 Å². The van der Waals surface area contributed by atoms with Gasteiger partial charge in [-0.05, 0) is 18.1 Å². The van der Waals surface area contributed by atoms with Crippen LogP contribution >= 0.6 is 0 Å². The predicted octanol–water partition coefficient (Wildman–Crippen LogP) is 2.41. The molecule has 2 aromatic rings. The van der Waals surface area contributed by atoms with Gasteiger partial charge >= 0.3 is 0 Å². The molecule has 4 rings (SSSR count). The number of benzene rings is 2. The van der Waals surface area contributed by atoms with Gasteiger partial charge < -0.3 is 4.90 Å². The van der Waals surface area contributed by atoms with Crippen LogP contribution in [0.1, 0.15) is 29.0 Å². The highest BCUT2D eigenvalue weighted by molar-refractivity contribution is 5.84. The van der Waals surface area contributed by atoms with Gasteiger partial charge in [0.15, 0.2) is 0 Å². The van der Waals surface area contributed by atoms with E-state index in [2.05, 4.69) is 5.32 Å². The number of carbonyl (C=O) groups excluding carboxylic acids is 1. The molecule has 0 saturated carbocycles. The van der Waals surface area contributed by atoms with Gasteiger partial charge in [-0.2, -0.15) is 0 Å². The average molecular weight is 351 g/mol. The number of nitro groups is 1. The van der Waals surface area contributed by atoms with E-state index in [1.54, 1.807) is 4.90 Å². The van der Waals surface area contributed by atoms with E-state index in [-0.39, 0.29) is 0 Å². The number of nitrogens with zero attached hydrogens (tertiary/aromatic N) is 2. The van der Waals surface area contributed by atoms with E-state index in [4.69, 9.17) is 0 Å². The number of piperidine rings is 1. The van der Waals surface area contributed by atoms with Crippen molar-refractivity contribution in [1.29, 1.82) is 0 Å². The third-order valence-electron chi connectivity index (χ3n) is 5.61. The van der Waals surface area contributed by atoms with Gasteiger partial charge in [0.05, 0.1) is 5.92 Å². The number of hydrogen-bond acceptors (Lipinski definition) is 4. The fraction of sp³-hybridized carbons (Fsp3) is 0.350. The summed E-state index contributed by atoms with van der Waals surface area (Å²) in [6.07, 6.45) is 0.484. The maximum absolute atomic E-state index is 13.1. The van der Waals surface area contributed by atoms with Gasteiger partial charge in [-0.1, -0.05) is 60.2 Å². The van der Waals surface area contributed by atoms with Crippen molar-refractivity contribution in [1.82, 2.24) is 10.2 Å². The maximum atomic E-state index is 13.1. The van der Waals surface area contributed by atoms with Gasteiger partial charge in [0, 0.05) is 24.4 Å². The third-order valence-corrected chi connectivity index (χ3v) is 5.61. The zero-order valence-electron chi connectivity index (χ0n) is 14.6. The van der Waals surface area contributed by atoms with Crippen LogP contribution in [-0.4, -0.2) is 34.9 Å². The number of hydrogen-bond donors (Lipinski definition) is 1. The van der Waals surface area contributed by atoms with E-state index in [0.717, 1.165) is 16.7 Å². The number of aryl methyl sites for hydroxylation is 1. The lowest BCUT2D eigenvalue weighted by Gasteiger charge is -2.46. The lowest BCUT2D eigenvalue weighted by atomic mass is 9.76. The van der Waals surface area contributed by atoms with Gasteiger partial charge in [-0.15, -0.1) is 0 Å². The molecular formula is C20H21N3O3. The lowest BCUT2D eigenvalue weighted by Crippen LogP contribution is -2.62. The molecule has 26 heavy (non-hydrogen) atoms. The maximum Gasteiger partial charge on any atom is 0.299 e. The molecule has 2 fully saturated rings. The van der Waals surface area contributed by atoms with Crippen molar-refractivity contribution in [3.63, 3.8) is 0 Å². The summed E-state index contributed by atoms with van der Waals surface area (Å²) >= 11 is 0. The number of amides is 1. The number of carbonyl (C=O) groups is 1. The number of rotatable bonds is 3. The van der Waals surface area contributed by atoms with Crippen LogP contribution in [-0.2, 0) is 10.5 Å². The Kier molecular flexibility index (Phi) is 4.00. The van der Waals surface area contributed by atoms with Crippen LogP contribution in [0.5, 0.6) is 0 Å². The first kappa shape index (κ1) is 16.7. The van der Waals surface area contributed by atoms with Crippen molar-refractivity contribution in [3.05, 3.63) is 81.4 Å². The van der Waals surface area contributed by atoms with Crippen LogP contribution in [0.2, 0.25) is 0 Å². The van der Waals surface area contributed by atoms with Crippen molar-refractivity contribution in [2.45, 2.75) is 31.0 Å². The molecule has 0 spiro atoms. The van der Waals surface area contributed by atoms with Crippen LogP contribution in [0.25, 0.3) is 0 Å². The molecule has 2 saturated heterocycles. The highest BCUT2D eigenvalue weighted by atomic mass is 16.6. The van der Waals surface area contributed by atoms with Crippen molar-refractivity contribution in [2.75, 3.05) is 13.1 Å². The largest absolute Gasteiger partial charge is 0.313 e. The van der Waals surface area contributed by atoms with Gasteiger partial charge in [-0.25, -0.2) is 0 Å². The lowest BCUT2D eigenvalue weighted by molar-refractivity contribution is -0.516. The molecular weight excluding hydrogens is 330 g/mol. The molecule has 0 bridgehead atoms. The van der Waals surface area contributed by atoms with Gasteiger partial charge in [0.25, 0.3) is 11.9 Å². The number of nitrogens with one attached hydrogen (secondary N) is 1. The van der Waals surface area contributed by atoms with Gasteiger partial charge in [-0.3, -0.25) is 20.2 Å². The fourth-order valence-corrected chi connectivity index (χ4v) is 4.35. The van der Waals surface area contributed by atoms with Gasteiger partial charge in [0.1, 0.15) is 5.66 Å². The van der Waals surface area contributed by atoms with Crippen LogP contribution in [0, 0.1) is 17.0 Å². The van der Waals surface area contributed by atoms with E-state index in [1.807, 2.05) is 61.5 Å². The molecule has 2 aromatic carbocycles. The molecule has 0 radical (unpaired) electrons. The molecule has 0 aliphatic carbocycles. The molecule has 134 valence electrons. The Morgan fingerprint density at radius 1 is 1.15 bits per heavy atom. The summed E-state index contributed by atoms with van der Waals surface area (Å²) in [5, 5.41) is 15.2. The Bertz CT molecular complexity index is 837. The Morgan fingerprint density at radius 3 is 2.50 bits per heavy atom. The molecule has 1 N–H and O–H groups in total. The van der Waals surface area contributed by atoms with Crippen molar-refractivity contribution in [3.8, 4) is 0 Å². The van der Waals surface area contributed by atoms with Crippen LogP contribution in [0.15, 0.2) is 54.6 Å². The third kappa shape index (κ3) is 2.49. The normalized spacial score (nSPS) is 28.0. The fourth-order valence-electron chi connectivity index (χ4n) is 4.35. The Labute approximate surface area is 152 Å². The summed E-state index contributed by atoms with van der Waals surface area (Å²) in [5.74, 6) is -0.873. The van der Waals surface area contributed by atoms with E-state index in [1.165, 1.54) is 0 Å². The summed E-state index contributed by atoms with van der Waals surface area (Å²) in [5.41, 5.74) is 2.27. The summed E-state index contributed by atoms with van der Waals surface area (Å²) in [4.78, 5) is 26.1. The summed E-state index contributed by atoms with van der Waals surface area (Å²) in [6.45, 7) is 3.13. The van der Waals surface area contributed by atoms with Crippen molar-refractivity contribution >= 4 is 5.91 Å². The van der Waals surface area contributed by atoms with Crippen molar-refractivity contribution < 1.29 is 9.72 Å². The first-order valence-corrected chi connectivity index (χ1v) is 8.85. The van der Waals surface area contributed by atoms with E-state index in [9.17, 15) is 14.9 Å². The second kappa shape index (κ2) is 6.21. The molecule has 2 heterocycles. The zero-order chi connectivity index (χ0) is 18.3. The predicted molar refractivity (Wildman–Crippen MR) is 97.2 cm³/mol. The highest BCUT2D eigenvalue weighted by Gasteiger charge is 2.58. The quantitative estimate of drug-likeness (QED) is 0.681. The minimum atomic E-state index is -1.24. The first-order valence-electron chi connectivity index (χ1n) is 8.85. The molecule has 6 heteroatoms. The Hall–Kier alpha value is -2.73. The molecule has 2 aliphatic heterocycles. The molecule has 6 nitrogen and oxygen atoms in total. The van der Waals surface area contributed by atoms with E-state index >= 15 is 0 Å². The zero-order valence-corrected chi connectivity index (χ0v) is 14.6. The second-order valence-electron chi connectivity index (χ2n) is 7.09. The monoisotopic (exact) mass is 351 g/mol. The minimum absolute atomic E-state index is 0.402. The molecule has 2 aliphatic rings. The number of fused-ring (bicyclic) bond motifs is 1. The van der Waals surface area contributed by atoms with Crippen LogP contribution in [0.4, 0.5) is 0 Å². The minimum Gasteiger partial charge on any atom is -0.313 e. The van der Waals surface area contributed by atoms with Crippen LogP contribution in [0.3, 0.4) is 0 Å². The van der Waals surface area contributed by atoms with Gasteiger partial charge in [0.2, 0.25) is 0 Å². The second-order valence-corrected chi connectivity index (χ2v) is 7.09. The highest BCUT2D eigenvalue weighted by Crippen LogP contribution is 2.45. The Morgan fingerprint density at radius 2 is 1.85 bits per heavy atom. The molecule has 3 atom stereocenters.